The Hall–Kier alpha value is -2.64. The van der Waals surface area contributed by atoms with Crippen molar-refractivity contribution in [2.24, 2.45) is 5.41 Å². The molecular formula is C16H22N4O4. The van der Waals surface area contributed by atoms with Crippen LogP contribution in [-0.4, -0.2) is 42.3 Å². The predicted octanol–water partition coefficient (Wildman–Crippen LogP) is 1.56. The lowest BCUT2D eigenvalue weighted by Crippen LogP contribution is -2.46. The number of anilines is 1. The Balaban J connectivity index is 2.13. The molecule has 130 valence electrons. The summed E-state index contributed by atoms with van der Waals surface area (Å²) in [5.74, 6) is -0.445. The van der Waals surface area contributed by atoms with Gasteiger partial charge in [0.05, 0.1) is 10.3 Å². The maximum atomic E-state index is 12.5. The fourth-order valence-corrected chi connectivity index (χ4v) is 3.19. The van der Waals surface area contributed by atoms with Gasteiger partial charge in [0, 0.05) is 32.3 Å². The van der Waals surface area contributed by atoms with Gasteiger partial charge in [-0.3, -0.25) is 19.7 Å². The summed E-state index contributed by atoms with van der Waals surface area (Å²) >= 11 is 0. The van der Waals surface area contributed by atoms with Crippen LogP contribution in [0, 0.1) is 15.5 Å². The van der Waals surface area contributed by atoms with E-state index >= 15 is 0 Å². The number of carbonyl (C=O) groups is 2. The first-order valence-corrected chi connectivity index (χ1v) is 7.81. The van der Waals surface area contributed by atoms with Gasteiger partial charge in [0.1, 0.15) is 5.69 Å². The molecule has 2 amide bonds. The monoisotopic (exact) mass is 334 g/mol. The number of hydrogen-bond donors (Lipinski definition) is 2. The number of nitro groups is 1. The van der Waals surface area contributed by atoms with E-state index in [2.05, 4.69) is 5.32 Å². The van der Waals surface area contributed by atoms with Crippen molar-refractivity contribution >= 4 is 23.2 Å². The summed E-state index contributed by atoms with van der Waals surface area (Å²) < 4.78 is 0. The number of hydrogen-bond acceptors (Lipinski definition) is 5. The number of nitrogens with zero attached hydrogens (tertiary/aromatic N) is 2. The molecule has 1 saturated carbocycles. The molecule has 0 radical (unpaired) electrons. The van der Waals surface area contributed by atoms with Crippen molar-refractivity contribution in [1.82, 2.24) is 10.2 Å². The molecular weight excluding hydrogens is 312 g/mol. The van der Waals surface area contributed by atoms with Crippen molar-refractivity contribution in [1.29, 1.82) is 0 Å². The van der Waals surface area contributed by atoms with Crippen LogP contribution in [0.3, 0.4) is 0 Å². The second kappa shape index (κ2) is 6.86. The topological polar surface area (TPSA) is 119 Å². The van der Waals surface area contributed by atoms with Gasteiger partial charge >= 0.3 is 0 Å². The fourth-order valence-electron chi connectivity index (χ4n) is 3.19. The molecule has 1 aliphatic rings. The maximum absolute atomic E-state index is 12.5. The molecule has 0 bridgehead atoms. The maximum Gasteiger partial charge on any atom is 0.292 e. The minimum atomic E-state index is -0.625. The second-order valence-electron chi connectivity index (χ2n) is 6.40. The summed E-state index contributed by atoms with van der Waals surface area (Å²) in [5.41, 5.74) is 4.81. The van der Waals surface area contributed by atoms with E-state index in [9.17, 15) is 19.7 Å². The number of amides is 2. The highest BCUT2D eigenvalue weighted by atomic mass is 16.6. The van der Waals surface area contributed by atoms with Crippen LogP contribution in [0.5, 0.6) is 0 Å². The third kappa shape index (κ3) is 3.47. The molecule has 8 nitrogen and oxygen atoms in total. The molecule has 0 aromatic heterocycles. The molecule has 1 aliphatic carbocycles. The number of benzene rings is 1. The van der Waals surface area contributed by atoms with Crippen LogP contribution in [0.25, 0.3) is 0 Å². The standard InChI is InChI=1S/C16H22N4O4/c1-19(2)15(22)16(7-3-4-8-16)10-18-14(21)11-5-6-12(17)13(9-11)20(23)24/h5-6,9H,3-4,7-8,10,17H2,1-2H3,(H,18,21). The summed E-state index contributed by atoms with van der Waals surface area (Å²) in [6.45, 7) is 0.223. The van der Waals surface area contributed by atoms with Crippen molar-refractivity contribution in [2.45, 2.75) is 25.7 Å². The lowest BCUT2D eigenvalue weighted by molar-refractivity contribution is -0.383. The van der Waals surface area contributed by atoms with Crippen LogP contribution < -0.4 is 11.1 Å². The van der Waals surface area contributed by atoms with Crippen molar-refractivity contribution < 1.29 is 14.5 Å². The summed E-state index contributed by atoms with van der Waals surface area (Å²) in [4.78, 5) is 36.6. The quantitative estimate of drug-likeness (QED) is 0.481. The Morgan fingerprint density at radius 2 is 1.96 bits per heavy atom. The van der Waals surface area contributed by atoms with Crippen LogP contribution in [0.15, 0.2) is 18.2 Å². The van der Waals surface area contributed by atoms with Crippen LogP contribution in [0.4, 0.5) is 11.4 Å². The molecule has 0 saturated heterocycles. The largest absolute Gasteiger partial charge is 0.393 e. The first-order chi connectivity index (χ1) is 11.3. The molecule has 0 unspecified atom stereocenters. The number of nitro benzene ring substituents is 1. The zero-order valence-corrected chi connectivity index (χ0v) is 13.9. The Kier molecular flexibility index (Phi) is 5.06. The molecule has 1 aromatic rings. The summed E-state index contributed by atoms with van der Waals surface area (Å²) in [5, 5.41) is 13.7. The van der Waals surface area contributed by atoms with E-state index in [1.165, 1.54) is 12.1 Å². The fraction of sp³-hybridized carbons (Fsp3) is 0.500. The number of nitrogens with two attached hydrogens (primary N) is 1. The van der Waals surface area contributed by atoms with Gasteiger partial charge in [-0.1, -0.05) is 12.8 Å². The average molecular weight is 334 g/mol. The zero-order valence-electron chi connectivity index (χ0n) is 13.9. The Labute approximate surface area is 140 Å². The molecule has 24 heavy (non-hydrogen) atoms. The van der Waals surface area contributed by atoms with Crippen molar-refractivity contribution in [2.75, 3.05) is 26.4 Å². The smallest absolute Gasteiger partial charge is 0.292 e. The van der Waals surface area contributed by atoms with Crippen molar-refractivity contribution in [3.8, 4) is 0 Å². The van der Waals surface area contributed by atoms with E-state index in [1.807, 2.05) is 0 Å². The molecule has 8 heteroatoms. The zero-order chi connectivity index (χ0) is 17.9. The van der Waals surface area contributed by atoms with E-state index in [0.717, 1.165) is 31.7 Å². The first kappa shape index (κ1) is 17.7. The van der Waals surface area contributed by atoms with Gasteiger partial charge in [0.25, 0.3) is 11.6 Å². The first-order valence-electron chi connectivity index (χ1n) is 7.81. The van der Waals surface area contributed by atoms with E-state index in [-0.39, 0.29) is 29.4 Å². The molecule has 0 heterocycles. The highest BCUT2D eigenvalue weighted by molar-refractivity contribution is 5.96. The highest BCUT2D eigenvalue weighted by Gasteiger charge is 2.42. The predicted molar refractivity (Wildman–Crippen MR) is 89.4 cm³/mol. The van der Waals surface area contributed by atoms with Gasteiger partial charge in [-0.25, -0.2) is 0 Å². The van der Waals surface area contributed by atoms with E-state index in [1.54, 1.807) is 19.0 Å². The normalized spacial score (nSPS) is 15.8. The Morgan fingerprint density at radius 3 is 2.50 bits per heavy atom. The lowest BCUT2D eigenvalue weighted by Gasteiger charge is -2.30. The third-order valence-electron chi connectivity index (χ3n) is 4.50. The van der Waals surface area contributed by atoms with Gasteiger partial charge in [0.15, 0.2) is 0 Å². The SMILES string of the molecule is CN(C)C(=O)C1(CNC(=O)c2ccc(N)c([N+](=O)[O-])c2)CCCC1. The summed E-state index contributed by atoms with van der Waals surface area (Å²) in [6.07, 6.45) is 3.35. The summed E-state index contributed by atoms with van der Waals surface area (Å²) in [7, 11) is 3.40. The van der Waals surface area contributed by atoms with Crippen molar-refractivity contribution in [3.63, 3.8) is 0 Å². The number of carbonyl (C=O) groups excluding carboxylic acids is 2. The molecule has 2 rings (SSSR count). The molecule has 0 atom stereocenters. The minimum Gasteiger partial charge on any atom is -0.393 e. The second-order valence-corrected chi connectivity index (χ2v) is 6.40. The van der Waals surface area contributed by atoms with E-state index < -0.39 is 16.2 Å². The molecule has 0 spiro atoms. The van der Waals surface area contributed by atoms with Crippen LogP contribution in [-0.2, 0) is 4.79 Å². The number of nitrogens with one attached hydrogen (secondary N) is 1. The third-order valence-corrected chi connectivity index (χ3v) is 4.50. The van der Waals surface area contributed by atoms with Crippen LogP contribution in [0.1, 0.15) is 36.0 Å². The lowest BCUT2D eigenvalue weighted by atomic mass is 9.84. The minimum absolute atomic E-state index is 0.00332. The molecule has 1 aromatic carbocycles. The van der Waals surface area contributed by atoms with Gasteiger partial charge in [-0.2, -0.15) is 0 Å². The van der Waals surface area contributed by atoms with Crippen LogP contribution >= 0.6 is 0 Å². The van der Waals surface area contributed by atoms with Gasteiger partial charge < -0.3 is 16.0 Å². The van der Waals surface area contributed by atoms with Gasteiger partial charge in [-0.05, 0) is 25.0 Å². The average Bonchev–Trinajstić information content (AvgIpc) is 3.02. The molecule has 1 fully saturated rings. The number of nitrogen functional groups attached to an aromatic ring is 1. The highest BCUT2D eigenvalue weighted by Crippen LogP contribution is 2.39. The Bertz CT molecular complexity index is 666. The van der Waals surface area contributed by atoms with Gasteiger partial charge in [-0.15, -0.1) is 0 Å². The molecule has 0 aliphatic heterocycles. The van der Waals surface area contributed by atoms with E-state index in [0.29, 0.717) is 0 Å². The van der Waals surface area contributed by atoms with E-state index in [4.69, 9.17) is 5.73 Å². The van der Waals surface area contributed by atoms with Crippen molar-refractivity contribution in [3.05, 3.63) is 33.9 Å². The Morgan fingerprint density at radius 1 is 1.33 bits per heavy atom. The summed E-state index contributed by atoms with van der Waals surface area (Å²) in [6, 6.07) is 3.93. The molecule has 3 N–H and O–H groups in total. The van der Waals surface area contributed by atoms with Gasteiger partial charge in [0.2, 0.25) is 5.91 Å². The van der Waals surface area contributed by atoms with Crippen LogP contribution in [0.2, 0.25) is 0 Å². The number of rotatable bonds is 5.